The molecule has 6 nitrogen and oxygen atoms in total. The average Bonchev–Trinajstić information content (AvgIpc) is 2.80. The van der Waals surface area contributed by atoms with Crippen LogP contribution in [0.5, 0.6) is 5.75 Å². The van der Waals surface area contributed by atoms with E-state index in [-0.39, 0.29) is 30.1 Å². The molecule has 0 radical (unpaired) electrons. The van der Waals surface area contributed by atoms with Gasteiger partial charge in [-0.15, -0.1) is 24.0 Å². The van der Waals surface area contributed by atoms with Gasteiger partial charge in [-0.1, -0.05) is 36.4 Å². The maximum absolute atomic E-state index is 6.11. The smallest absolute Gasteiger partial charge is 0.195 e. The summed E-state index contributed by atoms with van der Waals surface area (Å²) in [5, 5.41) is 6.83. The summed E-state index contributed by atoms with van der Waals surface area (Å²) in [5.74, 6) is 1.97. The van der Waals surface area contributed by atoms with E-state index in [9.17, 15) is 0 Å². The van der Waals surface area contributed by atoms with Crippen molar-refractivity contribution in [3.05, 3.63) is 60.2 Å². The SMILES string of the molecule is CN=C(NCC1CCCOC1c1ccccc1)Nc1cccc(OCCCOC)c1.I. The van der Waals surface area contributed by atoms with Gasteiger partial charge in [-0.25, -0.2) is 0 Å². The largest absolute Gasteiger partial charge is 0.493 e. The number of hydrogen-bond donors (Lipinski definition) is 2. The number of anilines is 1. The van der Waals surface area contributed by atoms with Crippen molar-refractivity contribution < 1.29 is 14.2 Å². The molecule has 1 saturated heterocycles. The van der Waals surface area contributed by atoms with Crippen LogP contribution in [0.1, 0.15) is 30.9 Å². The van der Waals surface area contributed by atoms with Crippen molar-refractivity contribution in [2.45, 2.75) is 25.4 Å². The Labute approximate surface area is 202 Å². The van der Waals surface area contributed by atoms with Crippen molar-refractivity contribution in [1.82, 2.24) is 5.32 Å². The van der Waals surface area contributed by atoms with Gasteiger partial charge in [0.2, 0.25) is 0 Å². The van der Waals surface area contributed by atoms with Gasteiger partial charge < -0.3 is 24.8 Å². The van der Waals surface area contributed by atoms with E-state index in [1.165, 1.54) is 5.56 Å². The molecular formula is C24H34IN3O3. The Morgan fingerprint density at radius 2 is 1.97 bits per heavy atom. The highest BCUT2D eigenvalue weighted by Crippen LogP contribution is 2.33. The zero-order valence-corrected chi connectivity index (χ0v) is 20.7. The molecule has 0 aliphatic carbocycles. The van der Waals surface area contributed by atoms with E-state index in [0.29, 0.717) is 19.1 Å². The number of halogens is 1. The Hall–Kier alpha value is -1.84. The van der Waals surface area contributed by atoms with E-state index in [0.717, 1.165) is 49.8 Å². The monoisotopic (exact) mass is 539 g/mol. The summed E-state index contributed by atoms with van der Waals surface area (Å²) in [4.78, 5) is 4.38. The first-order valence-corrected chi connectivity index (χ1v) is 10.7. The predicted molar refractivity (Wildman–Crippen MR) is 137 cm³/mol. The number of benzene rings is 2. The van der Waals surface area contributed by atoms with Crippen molar-refractivity contribution >= 4 is 35.6 Å². The lowest BCUT2D eigenvalue weighted by atomic mass is 9.89. The third kappa shape index (κ3) is 8.31. The molecule has 0 aromatic heterocycles. The molecule has 0 saturated carbocycles. The standard InChI is InChI=1S/C24H33N3O3.HI/c1-25-24(27-21-12-6-13-22(17-21)29-16-8-14-28-2)26-18-20-11-7-15-30-23(20)19-9-4-3-5-10-19;/h3-6,9-10,12-13,17,20,23H,7-8,11,14-16,18H2,1-2H3,(H2,25,26,27);1H. The molecule has 2 aromatic rings. The quantitative estimate of drug-likeness (QED) is 0.206. The third-order valence-electron chi connectivity index (χ3n) is 5.19. The molecule has 31 heavy (non-hydrogen) atoms. The molecule has 1 fully saturated rings. The van der Waals surface area contributed by atoms with Gasteiger partial charge in [0.05, 0.1) is 12.7 Å². The molecular weight excluding hydrogens is 505 g/mol. The van der Waals surface area contributed by atoms with E-state index in [2.05, 4.69) is 39.9 Å². The summed E-state index contributed by atoms with van der Waals surface area (Å²) in [6, 6.07) is 18.4. The Balaban J connectivity index is 0.00000341. The molecule has 0 bridgehead atoms. The highest BCUT2D eigenvalue weighted by molar-refractivity contribution is 14.0. The maximum Gasteiger partial charge on any atom is 0.195 e. The van der Waals surface area contributed by atoms with Gasteiger partial charge >= 0.3 is 0 Å². The first kappa shape index (κ1) is 25.4. The summed E-state index contributed by atoms with van der Waals surface area (Å²) in [6.07, 6.45) is 3.21. The molecule has 2 aromatic carbocycles. The van der Waals surface area contributed by atoms with Gasteiger partial charge in [0.15, 0.2) is 5.96 Å². The first-order valence-electron chi connectivity index (χ1n) is 10.7. The Kier molecular flexibility index (Phi) is 11.7. The predicted octanol–water partition coefficient (Wildman–Crippen LogP) is 4.88. The van der Waals surface area contributed by atoms with E-state index in [1.54, 1.807) is 14.2 Å². The van der Waals surface area contributed by atoms with Crippen LogP contribution in [0.2, 0.25) is 0 Å². The van der Waals surface area contributed by atoms with Gasteiger partial charge in [0.1, 0.15) is 5.75 Å². The molecule has 0 spiro atoms. The summed E-state index contributed by atoms with van der Waals surface area (Å²) in [7, 11) is 3.48. The second kappa shape index (κ2) is 14.3. The fourth-order valence-electron chi connectivity index (χ4n) is 3.66. The molecule has 3 rings (SSSR count). The van der Waals surface area contributed by atoms with Gasteiger partial charge in [-0.05, 0) is 30.5 Å². The van der Waals surface area contributed by atoms with Crippen LogP contribution in [0.3, 0.4) is 0 Å². The Bertz CT molecular complexity index is 789. The number of nitrogens with one attached hydrogen (secondary N) is 2. The van der Waals surface area contributed by atoms with E-state index >= 15 is 0 Å². The second-order valence-corrected chi connectivity index (χ2v) is 7.41. The number of ether oxygens (including phenoxy) is 3. The highest BCUT2D eigenvalue weighted by Gasteiger charge is 2.27. The zero-order chi connectivity index (χ0) is 21.0. The van der Waals surface area contributed by atoms with E-state index < -0.39 is 0 Å². The minimum absolute atomic E-state index is 0. The fourth-order valence-corrected chi connectivity index (χ4v) is 3.66. The topological polar surface area (TPSA) is 64.1 Å². The molecule has 7 heteroatoms. The number of rotatable bonds is 9. The van der Waals surface area contributed by atoms with Gasteiger partial charge in [0.25, 0.3) is 0 Å². The molecule has 1 aliphatic heterocycles. The van der Waals surface area contributed by atoms with Crippen LogP contribution >= 0.6 is 24.0 Å². The third-order valence-corrected chi connectivity index (χ3v) is 5.19. The minimum Gasteiger partial charge on any atom is -0.493 e. The molecule has 2 N–H and O–H groups in total. The first-order chi connectivity index (χ1) is 14.8. The molecule has 170 valence electrons. The summed E-state index contributed by atoms with van der Waals surface area (Å²) < 4.78 is 16.9. The van der Waals surface area contributed by atoms with Crippen LogP contribution in [0, 0.1) is 5.92 Å². The number of methoxy groups -OCH3 is 1. The molecule has 1 aliphatic rings. The highest BCUT2D eigenvalue weighted by atomic mass is 127. The normalized spacial score (nSPS) is 18.7. The lowest BCUT2D eigenvalue weighted by Crippen LogP contribution is -2.38. The zero-order valence-electron chi connectivity index (χ0n) is 18.4. The van der Waals surface area contributed by atoms with Crippen molar-refractivity contribution in [3.8, 4) is 5.75 Å². The van der Waals surface area contributed by atoms with Crippen LogP contribution in [0.15, 0.2) is 59.6 Å². The van der Waals surface area contributed by atoms with Crippen molar-refractivity contribution in [2.24, 2.45) is 10.9 Å². The molecule has 0 amide bonds. The van der Waals surface area contributed by atoms with Crippen molar-refractivity contribution in [1.29, 1.82) is 0 Å². The minimum atomic E-state index is 0. The van der Waals surface area contributed by atoms with Gasteiger partial charge in [-0.2, -0.15) is 0 Å². The fraction of sp³-hybridized carbons (Fsp3) is 0.458. The number of hydrogen-bond acceptors (Lipinski definition) is 4. The summed E-state index contributed by atoms with van der Waals surface area (Å²) >= 11 is 0. The van der Waals surface area contributed by atoms with Crippen LogP contribution in [0.4, 0.5) is 5.69 Å². The second-order valence-electron chi connectivity index (χ2n) is 7.41. The van der Waals surface area contributed by atoms with Crippen LogP contribution in [-0.4, -0.2) is 46.5 Å². The lowest BCUT2D eigenvalue weighted by Gasteiger charge is -2.32. The van der Waals surface area contributed by atoms with E-state index in [1.807, 2.05) is 30.3 Å². The van der Waals surface area contributed by atoms with Crippen molar-refractivity contribution in [3.63, 3.8) is 0 Å². The number of aliphatic imine (C=N–C) groups is 1. The summed E-state index contributed by atoms with van der Waals surface area (Å²) in [5.41, 5.74) is 2.18. The van der Waals surface area contributed by atoms with Crippen molar-refractivity contribution in [2.75, 3.05) is 45.8 Å². The van der Waals surface area contributed by atoms with Crippen LogP contribution < -0.4 is 15.4 Å². The lowest BCUT2D eigenvalue weighted by molar-refractivity contribution is -0.0264. The van der Waals surface area contributed by atoms with Gasteiger partial charge in [-0.3, -0.25) is 4.99 Å². The maximum atomic E-state index is 6.11. The van der Waals surface area contributed by atoms with Gasteiger partial charge in [0, 0.05) is 58.0 Å². The number of guanidine groups is 1. The summed E-state index contributed by atoms with van der Waals surface area (Å²) in [6.45, 7) is 2.95. The average molecular weight is 539 g/mol. The molecule has 1 heterocycles. The van der Waals surface area contributed by atoms with E-state index in [4.69, 9.17) is 14.2 Å². The number of nitrogens with zero attached hydrogens (tertiary/aromatic N) is 1. The van der Waals surface area contributed by atoms with Crippen LogP contribution in [0.25, 0.3) is 0 Å². The van der Waals surface area contributed by atoms with Crippen LogP contribution in [-0.2, 0) is 9.47 Å². The Morgan fingerprint density at radius 3 is 2.74 bits per heavy atom. The molecule has 2 unspecified atom stereocenters. The Morgan fingerprint density at radius 1 is 1.13 bits per heavy atom. The molecule has 2 atom stereocenters.